The maximum atomic E-state index is 6.15. The fraction of sp³-hybridized carbons (Fsp3) is 0.250. The lowest BCUT2D eigenvalue weighted by atomic mass is 9.79. The third-order valence-corrected chi connectivity index (χ3v) is 6.14. The highest BCUT2D eigenvalue weighted by Gasteiger charge is 2.51. The Morgan fingerprint density at radius 1 is 0.767 bits per heavy atom. The molecule has 0 saturated carbocycles. The molecule has 2 aromatic heterocycles. The molecule has 30 heavy (non-hydrogen) atoms. The molecule has 0 amide bonds. The molecule has 150 valence electrons. The average molecular weight is 397 g/mol. The van der Waals surface area contributed by atoms with Gasteiger partial charge in [0.25, 0.3) is 0 Å². The second kappa shape index (κ2) is 6.79. The second-order valence-electron chi connectivity index (χ2n) is 8.70. The number of hydrogen-bond acceptors (Lipinski definition) is 4. The highest BCUT2D eigenvalue weighted by molar-refractivity contribution is 6.62. The summed E-state index contributed by atoms with van der Waals surface area (Å²) >= 11 is 0. The predicted octanol–water partition coefficient (Wildman–Crippen LogP) is 4.36. The van der Waals surface area contributed by atoms with Crippen molar-refractivity contribution in [2.24, 2.45) is 0 Å². The van der Waals surface area contributed by atoms with Gasteiger partial charge in [0.15, 0.2) is 11.5 Å². The molecule has 0 spiro atoms. The van der Waals surface area contributed by atoms with E-state index in [1.807, 2.05) is 59.2 Å². The van der Waals surface area contributed by atoms with Crippen LogP contribution in [-0.4, -0.2) is 32.9 Å². The van der Waals surface area contributed by atoms with Crippen molar-refractivity contribution in [3.8, 4) is 22.5 Å². The van der Waals surface area contributed by atoms with Crippen LogP contribution in [0.3, 0.4) is 0 Å². The van der Waals surface area contributed by atoms with Gasteiger partial charge in [0.2, 0.25) is 0 Å². The first-order chi connectivity index (χ1) is 14.3. The lowest BCUT2D eigenvalue weighted by molar-refractivity contribution is 0.00578. The maximum Gasteiger partial charge on any atom is 0.494 e. The Morgan fingerprint density at radius 3 is 2.10 bits per heavy atom. The van der Waals surface area contributed by atoms with E-state index < -0.39 is 0 Å². The number of hydrogen-bond donors (Lipinski definition) is 0. The summed E-state index contributed by atoms with van der Waals surface area (Å²) < 4.78 is 14.1. The molecule has 1 saturated heterocycles. The van der Waals surface area contributed by atoms with Crippen molar-refractivity contribution in [2.45, 2.75) is 38.9 Å². The number of fused-ring (bicyclic) bond motifs is 1. The molecule has 1 aliphatic rings. The zero-order valence-electron chi connectivity index (χ0n) is 17.7. The first-order valence-corrected chi connectivity index (χ1v) is 10.2. The van der Waals surface area contributed by atoms with Crippen LogP contribution >= 0.6 is 0 Å². The van der Waals surface area contributed by atoms with Gasteiger partial charge in [0.1, 0.15) is 0 Å². The van der Waals surface area contributed by atoms with E-state index in [0.717, 1.165) is 27.8 Å². The van der Waals surface area contributed by atoms with Gasteiger partial charge in [-0.05, 0) is 50.9 Å². The van der Waals surface area contributed by atoms with E-state index in [4.69, 9.17) is 14.3 Å². The first kappa shape index (κ1) is 19.0. The molecule has 0 aliphatic carbocycles. The Labute approximate surface area is 176 Å². The number of nitrogens with zero attached hydrogens (tertiary/aromatic N) is 3. The first-order valence-electron chi connectivity index (χ1n) is 10.2. The van der Waals surface area contributed by atoms with Crippen LogP contribution in [0.15, 0.2) is 72.9 Å². The zero-order valence-corrected chi connectivity index (χ0v) is 17.7. The summed E-state index contributed by atoms with van der Waals surface area (Å²) in [6, 6.07) is 22.4. The van der Waals surface area contributed by atoms with Crippen LogP contribution in [0.4, 0.5) is 0 Å². The van der Waals surface area contributed by atoms with Gasteiger partial charge in [-0.3, -0.25) is 0 Å². The monoisotopic (exact) mass is 397 g/mol. The van der Waals surface area contributed by atoms with Gasteiger partial charge in [0, 0.05) is 17.3 Å². The quantitative estimate of drug-likeness (QED) is 0.482. The van der Waals surface area contributed by atoms with Crippen LogP contribution in [0.2, 0.25) is 0 Å². The summed E-state index contributed by atoms with van der Waals surface area (Å²) in [7, 11) is -0.372. The van der Waals surface area contributed by atoms with Crippen molar-refractivity contribution in [1.29, 1.82) is 0 Å². The average Bonchev–Trinajstić information content (AvgIpc) is 3.26. The zero-order chi connectivity index (χ0) is 20.9. The highest BCUT2D eigenvalue weighted by atomic mass is 16.7. The molecule has 0 bridgehead atoms. The van der Waals surface area contributed by atoms with E-state index in [0.29, 0.717) is 5.82 Å². The van der Waals surface area contributed by atoms with Crippen LogP contribution in [0.5, 0.6) is 0 Å². The number of pyridine rings is 1. The summed E-state index contributed by atoms with van der Waals surface area (Å²) in [5, 5.41) is 4.69. The number of benzene rings is 2. The standard InChI is InChI=1S/C24H24BN3O2/c1-23(2)24(3,4)30-25(29-23)19-14-12-18(13-15-19)21-26-22-20(11-8-16-28(22)27-21)17-9-6-5-7-10-17/h5-16H,1-4H3. The summed E-state index contributed by atoms with van der Waals surface area (Å²) in [4.78, 5) is 4.82. The summed E-state index contributed by atoms with van der Waals surface area (Å²) in [5.41, 5.74) is 4.27. The Balaban J connectivity index is 1.47. The molecular formula is C24H24BN3O2. The van der Waals surface area contributed by atoms with Gasteiger partial charge in [-0.25, -0.2) is 9.50 Å². The van der Waals surface area contributed by atoms with Crippen molar-refractivity contribution < 1.29 is 9.31 Å². The third kappa shape index (κ3) is 3.13. The Morgan fingerprint density at radius 2 is 1.43 bits per heavy atom. The van der Waals surface area contributed by atoms with Crippen molar-refractivity contribution in [1.82, 2.24) is 14.6 Å². The van der Waals surface area contributed by atoms with E-state index >= 15 is 0 Å². The Kier molecular flexibility index (Phi) is 4.31. The van der Waals surface area contributed by atoms with Gasteiger partial charge in [-0.2, -0.15) is 0 Å². The van der Waals surface area contributed by atoms with Crippen molar-refractivity contribution in [3.05, 3.63) is 72.9 Å². The molecule has 2 aromatic carbocycles. The third-order valence-electron chi connectivity index (χ3n) is 6.14. The van der Waals surface area contributed by atoms with Crippen LogP contribution in [0.1, 0.15) is 27.7 Å². The van der Waals surface area contributed by atoms with Crippen LogP contribution < -0.4 is 5.46 Å². The maximum absolute atomic E-state index is 6.15. The molecule has 6 heteroatoms. The second-order valence-corrected chi connectivity index (χ2v) is 8.70. The summed E-state index contributed by atoms with van der Waals surface area (Å²) in [6.45, 7) is 8.25. The SMILES string of the molecule is CC1(C)OB(c2ccc(-c3nc4c(-c5ccccc5)cccn4n3)cc2)OC1(C)C. The highest BCUT2D eigenvalue weighted by Crippen LogP contribution is 2.36. The van der Waals surface area contributed by atoms with E-state index in [1.165, 1.54) is 0 Å². The van der Waals surface area contributed by atoms with Crippen molar-refractivity contribution in [2.75, 3.05) is 0 Å². The van der Waals surface area contributed by atoms with Crippen LogP contribution in [0, 0.1) is 0 Å². The molecule has 5 rings (SSSR count). The number of aromatic nitrogens is 3. The van der Waals surface area contributed by atoms with Crippen molar-refractivity contribution >= 4 is 18.2 Å². The van der Waals surface area contributed by atoms with Gasteiger partial charge in [-0.15, -0.1) is 5.10 Å². The number of rotatable bonds is 3. The molecule has 0 atom stereocenters. The van der Waals surface area contributed by atoms with E-state index in [9.17, 15) is 0 Å². The van der Waals surface area contributed by atoms with Crippen molar-refractivity contribution in [3.63, 3.8) is 0 Å². The van der Waals surface area contributed by atoms with E-state index in [-0.39, 0.29) is 18.3 Å². The lowest BCUT2D eigenvalue weighted by Crippen LogP contribution is -2.41. The molecule has 3 heterocycles. The van der Waals surface area contributed by atoms with Crippen LogP contribution in [-0.2, 0) is 9.31 Å². The fourth-order valence-corrected chi connectivity index (χ4v) is 3.64. The minimum atomic E-state index is -0.372. The summed E-state index contributed by atoms with van der Waals surface area (Å²) in [6.07, 6.45) is 1.93. The molecular weight excluding hydrogens is 373 g/mol. The summed E-state index contributed by atoms with van der Waals surface area (Å²) in [5.74, 6) is 0.693. The molecule has 1 fully saturated rings. The smallest absolute Gasteiger partial charge is 0.399 e. The Hall–Kier alpha value is -2.96. The van der Waals surface area contributed by atoms with E-state index in [1.54, 1.807) is 0 Å². The predicted molar refractivity (Wildman–Crippen MR) is 120 cm³/mol. The van der Waals surface area contributed by atoms with Gasteiger partial charge >= 0.3 is 7.12 Å². The minimum absolute atomic E-state index is 0.354. The van der Waals surface area contributed by atoms with Gasteiger partial charge in [-0.1, -0.05) is 54.6 Å². The van der Waals surface area contributed by atoms with E-state index in [2.05, 4.69) is 51.0 Å². The van der Waals surface area contributed by atoms with Gasteiger partial charge in [0.05, 0.1) is 11.2 Å². The fourth-order valence-electron chi connectivity index (χ4n) is 3.64. The molecule has 4 aromatic rings. The lowest BCUT2D eigenvalue weighted by Gasteiger charge is -2.32. The molecule has 5 nitrogen and oxygen atoms in total. The normalized spacial score (nSPS) is 17.5. The largest absolute Gasteiger partial charge is 0.494 e. The minimum Gasteiger partial charge on any atom is -0.399 e. The van der Waals surface area contributed by atoms with Gasteiger partial charge < -0.3 is 9.31 Å². The van der Waals surface area contributed by atoms with Crippen LogP contribution in [0.25, 0.3) is 28.2 Å². The Bertz CT molecular complexity index is 1180. The molecule has 1 aliphatic heterocycles. The topological polar surface area (TPSA) is 48.7 Å². The molecule has 0 N–H and O–H groups in total. The molecule has 0 unspecified atom stereocenters. The molecule has 0 radical (unpaired) electrons.